The molecule has 18 heavy (non-hydrogen) atoms. The van der Waals surface area contributed by atoms with Crippen molar-refractivity contribution in [3.05, 3.63) is 28.8 Å². The number of nitrogens with one attached hydrogen (secondary N) is 1. The minimum absolute atomic E-state index is 0.0216. The van der Waals surface area contributed by atoms with Crippen molar-refractivity contribution in [1.82, 2.24) is 9.62 Å². The van der Waals surface area contributed by atoms with Gasteiger partial charge in [0.15, 0.2) is 0 Å². The molecule has 0 bridgehead atoms. The summed E-state index contributed by atoms with van der Waals surface area (Å²) < 4.78 is 26.5. The van der Waals surface area contributed by atoms with E-state index < -0.39 is 10.0 Å². The van der Waals surface area contributed by atoms with Crippen molar-refractivity contribution in [1.29, 1.82) is 0 Å². The highest BCUT2D eigenvalue weighted by Crippen LogP contribution is 2.25. The topological polar surface area (TPSA) is 49.4 Å². The fourth-order valence-electron chi connectivity index (χ4n) is 2.15. The van der Waals surface area contributed by atoms with Crippen LogP contribution in [0.4, 0.5) is 0 Å². The zero-order chi connectivity index (χ0) is 13.3. The Morgan fingerprint density at radius 2 is 2.17 bits per heavy atom. The molecule has 1 fully saturated rings. The second-order valence-corrected chi connectivity index (χ2v) is 6.98. The van der Waals surface area contributed by atoms with E-state index in [4.69, 9.17) is 11.6 Å². The molecule has 4 nitrogen and oxygen atoms in total. The number of aryl methyl sites for hydroxylation is 1. The Morgan fingerprint density at radius 1 is 1.44 bits per heavy atom. The molecule has 0 saturated carbocycles. The molecule has 1 aromatic carbocycles. The summed E-state index contributed by atoms with van der Waals surface area (Å²) >= 11 is 5.89. The number of halogens is 1. The molecule has 0 radical (unpaired) electrons. The van der Waals surface area contributed by atoms with Crippen molar-refractivity contribution in [3.8, 4) is 0 Å². The third-order valence-corrected chi connectivity index (χ3v) is 5.64. The molecule has 6 heteroatoms. The molecule has 1 aliphatic heterocycles. The number of benzene rings is 1. The second kappa shape index (κ2) is 5.17. The normalized spacial score (nSPS) is 20.6. The highest BCUT2D eigenvalue weighted by atomic mass is 35.5. The largest absolute Gasteiger partial charge is 0.315 e. The molecule has 1 atom stereocenters. The lowest BCUT2D eigenvalue weighted by molar-refractivity contribution is 0.387. The fraction of sp³-hybridized carbons (Fsp3) is 0.500. The Balaban J connectivity index is 2.37. The third-order valence-electron chi connectivity index (χ3n) is 3.36. The zero-order valence-corrected chi connectivity index (χ0v) is 12.1. The molecule has 1 aliphatic rings. The van der Waals surface area contributed by atoms with E-state index in [1.165, 1.54) is 10.4 Å². The van der Waals surface area contributed by atoms with Gasteiger partial charge in [-0.15, -0.1) is 0 Å². The van der Waals surface area contributed by atoms with Crippen molar-refractivity contribution < 1.29 is 8.42 Å². The number of hydrogen-bond donors (Lipinski definition) is 1. The maximum Gasteiger partial charge on any atom is 0.243 e. The standard InChI is InChI=1S/C12H17ClN2O2S/c1-9-3-4-10(13)7-12(9)18(16,17)15(2)11-5-6-14-8-11/h3-4,7,11,14H,5-6,8H2,1-2H3/t11-/m1/s1. The highest BCUT2D eigenvalue weighted by Gasteiger charge is 2.30. The van der Waals surface area contributed by atoms with Gasteiger partial charge in [-0.25, -0.2) is 8.42 Å². The molecule has 0 spiro atoms. The molecule has 1 saturated heterocycles. The summed E-state index contributed by atoms with van der Waals surface area (Å²) in [4.78, 5) is 0.296. The summed E-state index contributed by atoms with van der Waals surface area (Å²) in [7, 11) is -1.83. The average Bonchev–Trinajstić information content (AvgIpc) is 2.84. The van der Waals surface area contributed by atoms with Gasteiger partial charge in [0.25, 0.3) is 0 Å². The Bertz CT molecular complexity index is 539. The minimum Gasteiger partial charge on any atom is -0.315 e. The predicted octanol–water partition coefficient (Wildman–Crippen LogP) is 1.63. The Morgan fingerprint density at radius 3 is 2.78 bits per heavy atom. The molecule has 1 N–H and O–H groups in total. The van der Waals surface area contributed by atoms with Crippen LogP contribution in [-0.4, -0.2) is 38.9 Å². The van der Waals surface area contributed by atoms with Crippen LogP contribution in [0.3, 0.4) is 0 Å². The van der Waals surface area contributed by atoms with Crippen LogP contribution in [0.25, 0.3) is 0 Å². The second-order valence-electron chi connectivity index (χ2n) is 4.58. The maximum absolute atomic E-state index is 12.5. The van der Waals surface area contributed by atoms with Gasteiger partial charge in [-0.2, -0.15) is 4.31 Å². The Kier molecular flexibility index (Phi) is 3.96. The van der Waals surface area contributed by atoms with Crippen LogP contribution in [0.5, 0.6) is 0 Å². The smallest absolute Gasteiger partial charge is 0.243 e. The van der Waals surface area contributed by atoms with Gasteiger partial charge in [-0.3, -0.25) is 0 Å². The van der Waals surface area contributed by atoms with E-state index >= 15 is 0 Å². The van der Waals surface area contributed by atoms with Crippen molar-refractivity contribution in [2.45, 2.75) is 24.3 Å². The van der Waals surface area contributed by atoms with Crippen LogP contribution in [0.1, 0.15) is 12.0 Å². The SMILES string of the molecule is Cc1ccc(Cl)cc1S(=O)(=O)N(C)[C@@H]1CCNC1. The first-order valence-electron chi connectivity index (χ1n) is 5.88. The fourth-order valence-corrected chi connectivity index (χ4v) is 4.02. The molecule has 0 aromatic heterocycles. The average molecular weight is 289 g/mol. The van der Waals surface area contributed by atoms with Gasteiger partial charge in [0.2, 0.25) is 10.0 Å². The number of likely N-dealkylation sites (N-methyl/N-ethyl adjacent to an activating group) is 1. The molecule has 2 rings (SSSR count). The summed E-state index contributed by atoms with van der Waals surface area (Å²) in [5.74, 6) is 0. The lowest BCUT2D eigenvalue weighted by atomic mass is 10.2. The van der Waals surface area contributed by atoms with Crippen molar-refractivity contribution in [2.24, 2.45) is 0 Å². The van der Waals surface area contributed by atoms with Gasteiger partial charge in [0, 0.05) is 24.7 Å². The quantitative estimate of drug-likeness (QED) is 0.920. The lowest BCUT2D eigenvalue weighted by Gasteiger charge is -2.24. The zero-order valence-electron chi connectivity index (χ0n) is 10.5. The number of rotatable bonds is 3. The number of hydrogen-bond acceptors (Lipinski definition) is 3. The van der Waals surface area contributed by atoms with Gasteiger partial charge in [0.1, 0.15) is 0 Å². The van der Waals surface area contributed by atoms with Crippen molar-refractivity contribution in [3.63, 3.8) is 0 Å². The summed E-state index contributed by atoms with van der Waals surface area (Å²) in [5.41, 5.74) is 0.720. The van der Waals surface area contributed by atoms with E-state index in [2.05, 4.69) is 5.32 Å². The first-order chi connectivity index (χ1) is 8.43. The lowest BCUT2D eigenvalue weighted by Crippen LogP contribution is -2.38. The summed E-state index contributed by atoms with van der Waals surface area (Å²) in [6.07, 6.45) is 0.843. The number of sulfonamides is 1. The van der Waals surface area contributed by atoms with E-state index in [-0.39, 0.29) is 6.04 Å². The van der Waals surface area contributed by atoms with Crippen LogP contribution in [-0.2, 0) is 10.0 Å². The Hall–Kier alpha value is -0.620. The summed E-state index contributed by atoms with van der Waals surface area (Å²) in [5, 5.41) is 3.61. The van der Waals surface area contributed by atoms with Gasteiger partial charge in [0.05, 0.1) is 4.90 Å². The first kappa shape index (κ1) is 13.8. The minimum atomic E-state index is -3.47. The van der Waals surface area contributed by atoms with E-state index in [1.807, 2.05) is 0 Å². The van der Waals surface area contributed by atoms with Gasteiger partial charge in [-0.05, 0) is 37.6 Å². The van der Waals surface area contributed by atoms with Crippen molar-refractivity contribution in [2.75, 3.05) is 20.1 Å². The van der Waals surface area contributed by atoms with E-state index in [1.54, 1.807) is 26.1 Å². The maximum atomic E-state index is 12.5. The molecule has 0 amide bonds. The van der Waals surface area contributed by atoms with Crippen LogP contribution in [0.2, 0.25) is 5.02 Å². The molecule has 1 heterocycles. The highest BCUT2D eigenvalue weighted by molar-refractivity contribution is 7.89. The predicted molar refractivity (Wildman–Crippen MR) is 72.4 cm³/mol. The van der Waals surface area contributed by atoms with Gasteiger partial charge >= 0.3 is 0 Å². The van der Waals surface area contributed by atoms with Gasteiger partial charge in [-0.1, -0.05) is 17.7 Å². The molecule has 1 aromatic rings. The van der Waals surface area contributed by atoms with Crippen LogP contribution < -0.4 is 5.32 Å². The van der Waals surface area contributed by atoms with Crippen molar-refractivity contribution >= 4 is 21.6 Å². The van der Waals surface area contributed by atoms with Crippen LogP contribution >= 0.6 is 11.6 Å². The van der Waals surface area contributed by atoms with E-state index in [0.29, 0.717) is 16.5 Å². The molecule has 0 unspecified atom stereocenters. The Labute approximate surface area is 113 Å². The first-order valence-corrected chi connectivity index (χ1v) is 7.69. The van der Waals surface area contributed by atoms with E-state index in [9.17, 15) is 8.42 Å². The molecule has 0 aliphatic carbocycles. The third kappa shape index (κ3) is 2.54. The summed E-state index contributed by atoms with van der Waals surface area (Å²) in [6.45, 7) is 3.35. The molecule has 100 valence electrons. The van der Waals surface area contributed by atoms with Crippen LogP contribution in [0.15, 0.2) is 23.1 Å². The summed E-state index contributed by atoms with van der Waals surface area (Å²) in [6, 6.07) is 4.97. The van der Waals surface area contributed by atoms with Crippen LogP contribution in [0, 0.1) is 6.92 Å². The monoisotopic (exact) mass is 288 g/mol. The number of nitrogens with zero attached hydrogens (tertiary/aromatic N) is 1. The molecular formula is C12H17ClN2O2S. The van der Waals surface area contributed by atoms with E-state index in [0.717, 1.165) is 18.5 Å². The van der Waals surface area contributed by atoms with Gasteiger partial charge < -0.3 is 5.32 Å². The molecular weight excluding hydrogens is 272 g/mol.